The highest BCUT2D eigenvalue weighted by atomic mass is 32.1. The van der Waals surface area contributed by atoms with E-state index >= 15 is 0 Å². The van der Waals surface area contributed by atoms with Crippen LogP contribution in [0.4, 0.5) is 5.13 Å². The lowest BCUT2D eigenvalue weighted by atomic mass is 10.3. The maximum Gasteiger partial charge on any atom is 0.350 e. The zero-order valence-corrected chi connectivity index (χ0v) is 9.94. The number of carboxylic acids is 1. The predicted octanol–water partition coefficient (Wildman–Crippen LogP) is -0.451. The molecule has 0 aromatic carbocycles. The number of aliphatic carboxylic acids is 1. The van der Waals surface area contributed by atoms with Gasteiger partial charge in [-0.1, -0.05) is 5.16 Å². The van der Waals surface area contributed by atoms with Crippen LogP contribution in [0.5, 0.6) is 0 Å². The van der Waals surface area contributed by atoms with Crippen molar-refractivity contribution < 1.29 is 19.5 Å². The fourth-order valence-corrected chi connectivity index (χ4v) is 1.75. The van der Waals surface area contributed by atoms with Gasteiger partial charge >= 0.3 is 5.97 Å². The van der Waals surface area contributed by atoms with Gasteiger partial charge in [0.1, 0.15) is 5.69 Å². The van der Waals surface area contributed by atoms with Gasteiger partial charge in [0.25, 0.3) is 5.91 Å². The molecule has 9 heteroatoms. The van der Waals surface area contributed by atoms with Crippen LogP contribution in [0, 0.1) is 0 Å². The average molecular weight is 270 g/mol. The van der Waals surface area contributed by atoms with Crippen molar-refractivity contribution >= 4 is 34.1 Å². The normalized spacial score (nSPS) is 17.2. The quantitative estimate of drug-likeness (QED) is 0.488. The minimum Gasteiger partial charge on any atom is -0.478 e. The molecule has 0 atom stereocenters. The Morgan fingerprint density at radius 3 is 2.61 bits per heavy atom. The first kappa shape index (κ1) is 12.3. The van der Waals surface area contributed by atoms with Crippen LogP contribution in [-0.4, -0.2) is 33.3 Å². The molecule has 18 heavy (non-hydrogen) atoms. The third kappa shape index (κ3) is 2.25. The minimum atomic E-state index is -1.33. The predicted molar refractivity (Wildman–Crippen MR) is 62.9 cm³/mol. The number of rotatable bonds is 5. The van der Waals surface area contributed by atoms with Crippen LogP contribution in [0.2, 0.25) is 0 Å². The highest BCUT2D eigenvalue weighted by Crippen LogP contribution is 2.40. The molecule has 1 fully saturated rings. The number of nitrogens with zero attached hydrogens (tertiary/aromatic N) is 2. The lowest BCUT2D eigenvalue weighted by molar-refractivity contribution is -0.153. The van der Waals surface area contributed by atoms with E-state index < -0.39 is 17.5 Å². The van der Waals surface area contributed by atoms with Crippen LogP contribution in [0.25, 0.3) is 0 Å². The molecule has 0 unspecified atom stereocenters. The van der Waals surface area contributed by atoms with E-state index in [1.54, 1.807) is 0 Å². The van der Waals surface area contributed by atoms with E-state index in [9.17, 15) is 9.59 Å². The maximum atomic E-state index is 11.2. The SMILES string of the molecule is NC(=O)C(=NOC1(C(=O)O)CC1)c1csc(N)n1. The number of primary amides is 1. The zero-order valence-electron chi connectivity index (χ0n) is 9.12. The number of carboxylic acid groups (broad SMARTS) is 1. The number of hydrogen-bond donors (Lipinski definition) is 3. The highest BCUT2D eigenvalue weighted by Gasteiger charge is 2.54. The van der Waals surface area contributed by atoms with E-state index in [4.69, 9.17) is 21.4 Å². The van der Waals surface area contributed by atoms with E-state index in [2.05, 4.69) is 10.1 Å². The molecule has 1 aliphatic rings. The van der Waals surface area contributed by atoms with Crippen molar-refractivity contribution in [3.63, 3.8) is 0 Å². The first-order chi connectivity index (χ1) is 8.44. The van der Waals surface area contributed by atoms with Gasteiger partial charge in [0, 0.05) is 18.2 Å². The van der Waals surface area contributed by atoms with Crippen molar-refractivity contribution in [3.8, 4) is 0 Å². The number of aromatic nitrogens is 1. The van der Waals surface area contributed by atoms with Crippen molar-refractivity contribution in [1.82, 2.24) is 4.98 Å². The Morgan fingerprint density at radius 2 is 2.22 bits per heavy atom. The Morgan fingerprint density at radius 1 is 1.56 bits per heavy atom. The van der Waals surface area contributed by atoms with Crippen LogP contribution in [-0.2, 0) is 14.4 Å². The molecule has 0 radical (unpaired) electrons. The van der Waals surface area contributed by atoms with Gasteiger partial charge in [-0.25, -0.2) is 9.78 Å². The van der Waals surface area contributed by atoms with Crippen molar-refractivity contribution in [2.45, 2.75) is 18.4 Å². The summed E-state index contributed by atoms with van der Waals surface area (Å²) in [6, 6.07) is 0. The summed E-state index contributed by atoms with van der Waals surface area (Å²) in [5, 5.41) is 14.1. The Kier molecular flexibility index (Phi) is 2.91. The molecular weight excluding hydrogens is 260 g/mol. The average Bonchev–Trinajstić information content (AvgIpc) is 2.96. The van der Waals surface area contributed by atoms with E-state index in [0.29, 0.717) is 12.8 Å². The Bertz CT molecular complexity index is 534. The topological polar surface area (TPSA) is 141 Å². The smallest absolute Gasteiger partial charge is 0.350 e. The van der Waals surface area contributed by atoms with Crippen molar-refractivity contribution in [2.75, 3.05) is 5.73 Å². The molecule has 0 aliphatic heterocycles. The summed E-state index contributed by atoms with van der Waals surface area (Å²) in [6.45, 7) is 0. The highest BCUT2D eigenvalue weighted by molar-refractivity contribution is 7.13. The summed E-state index contributed by atoms with van der Waals surface area (Å²) in [7, 11) is 0. The summed E-state index contributed by atoms with van der Waals surface area (Å²) in [5.41, 5.74) is 9.16. The molecule has 1 aliphatic carbocycles. The molecule has 8 nitrogen and oxygen atoms in total. The summed E-state index contributed by atoms with van der Waals surface area (Å²) in [5.74, 6) is -1.98. The number of nitrogens with two attached hydrogens (primary N) is 2. The number of anilines is 1. The fraction of sp³-hybridized carbons (Fsp3) is 0.333. The van der Waals surface area contributed by atoms with E-state index in [0.717, 1.165) is 11.3 Å². The standard InChI is InChI=1S/C9H10N4O4S/c10-6(14)5(4-3-18-8(11)12-4)13-17-9(1-2-9)7(15)16/h3H,1-2H2,(H2,10,14)(H2,11,12)(H,15,16). The van der Waals surface area contributed by atoms with Crippen molar-refractivity contribution in [3.05, 3.63) is 11.1 Å². The molecular formula is C9H10N4O4S. The van der Waals surface area contributed by atoms with Crippen LogP contribution in [0.15, 0.2) is 10.5 Å². The van der Waals surface area contributed by atoms with Gasteiger partial charge < -0.3 is 21.4 Å². The number of nitrogen functional groups attached to an aromatic ring is 1. The van der Waals surface area contributed by atoms with Gasteiger partial charge in [0.15, 0.2) is 10.8 Å². The largest absolute Gasteiger partial charge is 0.478 e. The molecule has 1 aromatic rings. The Balaban J connectivity index is 2.21. The summed E-state index contributed by atoms with van der Waals surface area (Å²) in [4.78, 5) is 30.8. The molecule has 1 heterocycles. The second-order valence-corrected chi connectivity index (χ2v) is 4.66. The number of carbonyl (C=O) groups is 2. The number of hydrogen-bond acceptors (Lipinski definition) is 7. The van der Waals surface area contributed by atoms with Gasteiger partial charge in [-0.15, -0.1) is 11.3 Å². The number of amides is 1. The van der Waals surface area contributed by atoms with Crippen molar-refractivity contribution in [1.29, 1.82) is 0 Å². The maximum absolute atomic E-state index is 11.2. The summed E-state index contributed by atoms with van der Waals surface area (Å²) >= 11 is 1.11. The van der Waals surface area contributed by atoms with Gasteiger partial charge in [0.05, 0.1) is 0 Å². The van der Waals surface area contributed by atoms with Crippen LogP contribution < -0.4 is 11.5 Å². The van der Waals surface area contributed by atoms with Gasteiger partial charge in [-0.2, -0.15) is 0 Å². The summed E-state index contributed by atoms with van der Waals surface area (Å²) < 4.78 is 0. The van der Waals surface area contributed by atoms with E-state index in [1.165, 1.54) is 5.38 Å². The number of oxime groups is 1. The number of carbonyl (C=O) groups excluding carboxylic acids is 1. The molecule has 96 valence electrons. The first-order valence-corrected chi connectivity index (χ1v) is 5.83. The Hall–Kier alpha value is -2.16. The second-order valence-electron chi connectivity index (χ2n) is 3.77. The molecule has 2 rings (SSSR count). The van der Waals surface area contributed by atoms with Gasteiger partial charge in [-0.05, 0) is 0 Å². The van der Waals surface area contributed by atoms with Crippen LogP contribution in [0.1, 0.15) is 18.5 Å². The van der Waals surface area contributed by atoms with Gasteiger partial charge in [-0.3, -0.25) is 4.79 Å². The third-order valence-corrected chi connectivity index (χ3v) is 3.08. The molecule has 0 saturated heterocycles. The van der Waals surface area contributed by atoms with Gasteiger partial charge in [0.2, 0.25) is 5.60 Å². The molecule has 0 bridgehead atoms. The minimum absolute atomic E-state index is 0.172. The van der Waals surface area contributed by atoms with Crippen LogP contribution >= 0.6 is 11.3 Å². The fourth-order valence-electron chi connectivity index (χ4n) is 1.21. The summed E-state index contributed by atoms with van der Waals surface area (Å²) in [6.07, 6.45) is 0.689. The van der Waals surface area contributed by atoms with E-state index in [1.807, 2.05) is 0 Å². The first-order valence-electron chi connectivity index (χ1n) is 4.95. The van der Waals surface area contributed by atoms with Crippen molar-refractivity contribution in [2.24, 2.45) is 10.9 Å². The molecule has 0 spiro atoms. The monoisotopic (exact) mass is 270 g/mol. The lowest BCUT2D eigenvalue weighted by Gasteiger charge is -2.07. The third-order valence-electron chi connectivity index (χ3n) is 2.40. The Labute approximate surface area is 105 Å². The lowest BCUT2D eigenvalue weighted by Crippen LogP contribution is -2.28. The van der Waals surface area contributed by atoms with E-state index in [-0.39, 0.29) is 16.5 Å². The second kappa shape index (κ2) is 4.26. The van der Waals surface area contributed by atoms with Crippen LogP contribution in [0.3, 0.4) is 0 Å². The number of thiazole rings is 1. The molecule has 1 aromatic heterocycles. The zero-order chi connectivity index (χ0) is 13.3. The molecule has 5 N–H and O–H groups in total. The molecule has 1 amide bonds. The molecule has 1 saturated carbocycles.